The molecule has 0 atom stereocenters. The Morgan fingerprint density at radius 1 is 1.35 bits per heavy atom. The fraction of sp³-hybridized carbons (Fsp3) is 0.385. The molecule has 5 nitrogen and oxygen atoms in total. The minimum absolute atomic E-state index is 0.0776. The van der Waals surface area contributed by atoms with E-state index in [0.717, 1.165) is 0 Å². The molecule has 0 aliphatic rings. The molecule has 0 aliphatic heterocycles. The zero-order valence-corrected chi connectivity index (χ0v) is 11.0. The summed E-state index contributed by atoms with van der Waals surface area (Å²) >= 11 is 0. The lowest BCUT2D eigenvalue weighted by Gasteiger charge is -2.09. The van der Waals surface area contributed by atoms with Gasteiger partial charge in [0.25, 0.3) is 0 Å². The van der Waals surface area contributed by atoms with Crippen molar-refractivity contribution in [3.63, 3.8) is 0 Å². The molecule has 0 aromatic heterocycles. The average Bonchev–Trinajstić information content (AvgIpc) is 2.44. The monoisotopic (exact) mass is 283 g/mol. The van der Waals surface area contributed by atoms with Crippen molar-refractivity contribution in [2.75, 3.05) is 32.1 Å². The Hall–Kier alpha value is -2.20. The van der Waals surface area contributed by atoms with Crippen LogP contribution in [0.2, 0.25) is 0 Å². The number of hydrogen-bond donors (Lipinski definition) is 2. The predicted octanol–water partition coefficient (Wildman–Crippen LogP) is 1.40. The molecule has 7 heteroatoms. The highest BCUT2D eigenvalue weighted by molar-refractivity contribution is 5.76. The number of carbonyl (C=O) groups excluding carboxylic acids is 1. The van der Waals surface area contributed by atoms with Crippen molar-refractivity contribution >= 4 is 11.6 Å². The minimum Gasteiger partial charge on any atom is -0.383 e. The Balaban J connectivity index is 2.45. The number of benzene rings is 1. The summed E-state index contributed by atoms with van der Waals surface area (Å²) in [6, 6.07) is 3.99. The van der Waals surface area contributed by atoms with Gasteiger partial charge in [0.15, 0.2) is 11.6 Å². The van der Waals surface area contributed by atoms with Crippen LogP contribution >= 0.6 is 0 Å². The molecule has 2 N–H and O–H groups in total. The molecule has 108 valence electrons. The average molecular weight is 283 g/mol. The highest BCUT2D eigenvalue weighted by Crippen LogP contribution is 2.19. The highest BCUT2D eigenvalue weighted by atomic mass is 19.2. The third-order valence-electron chi connectivity index (χ3n) is 2.50. The zero-order valence-electron chi connectivity index (χ0n) is 11.0. The number of amides is 1. The van der Waals surface area contributed by atoms with E-state index in [1.807, 2.05) is 0 Å². The third-order valence-corrected chi connectivity index (χ3v) is 2.50. The van der Waals surface area contributed by atoms with Crippen LogP contribution in [0.1, 0.15) is 12.0 Å². The minimum atomic E-state index is -1.19. The molecule has 20 heavy (non-hydrogen) atoms. The van der Waals surface area contributed by atoms with Crippen molar-refractivity contribution in [2.45, 2.75) is 6.42 Å². The van der Waals surface area contributed by atoms with Crippen molar-refractivity contribution in [3.8, 4) is 6.07 Å². The SMILES string of the molecule is COCCNC(=O)CCNc1ccc(C#N)c(F)c1F. The molecule has 0 radical (unpaired) electrons. The van der Waals surface area contributed by atoms with Crippen LogP contribution in [0.3, 0.4) is 0 Å². The molecule has 0 saturated carbocycles. The number of nitrogens with one attached hydrogen (secondary N) is 2. The lowest BCUT2D eigenvalue weighted by atomic mass is 10.2. The predicted molar refractivity (Wildman–Crippen MR) is 69.1 cm³/mol. The van der Waals surface area contributed by atoms with Gasteiger partial charge in [0, 0.05) is 26.6 Å². The Morgan fingerprint density at radius 2 is 2.10 bits per heavy atom. The van der Waals surface area contributed by atoms with Crippen LogP contribution in [-0.2, 0) is 9.53 Å². The number of hydrogen-bond acceptors (Lipinski definition) is 4. The number of ether oxygens (including phenoxy) is 1. The molecule has 1 aromatic carbocycles. The number of rotatable bonds is 7. The lowest BCUT2D eigenvalue weighted by Crippen LogP contribution is -2.28. The van der Waals surface area contributed by atoms with Crippen LogP contribution in [0, 0.1) is 23.0 Å². The van der Waals surface area contributed by atoms with Crippen LogP contribution in [0.5, 0.6) is 0 Å². The fourth-order valence-electron chi connectivity index (χ4n) is 1.46. The van der Waals surface area contributed by atoms with E-state index >= 15 is 0 Å². The van der Waals surface area contributed by atoms with Gasteiger partial charge in [-0.05, 0) is 12.1 Å². The second-order valence-corrected chi connectivity index (χ2v) is 3.92. The Morgan fingerprint density at radius 3 is 2.75 bits per heavy atom. The van der Waals surface area contributed by atoms with Crippen molar-refractivity contribution in [1.82, 2.24) is 5.32 Å². The topological polar surface area (TPSA) is 74.2 Å². The molecule has 0 aliphatic carbocycles. The summed E-state index contributed by atoms with van der Waals surface area (Å²) in [5.41, 5.74) is -0.434. The molecule has 1 rings (SSSR count). The first kappa shape index (κ1) is 15.9. The van der Waals surface area contributed by atoms with E-state index in [1.165, 1.54) is 19.2 Å². The van der Waals surface area contributed by atoms with Gasteiger partial charge in [0.2, 0.25) is 5.91 Å². The second kappa shape index (κ2) is 8.07. The molecule has 1 aromatic rings. The molecular weight excluding hydrogens is 268 g/mol. The van der Waals surface area contributed by atoms with E-state index in [1.54, 1.807) is 6.07 Å². The zero-order chi connectivity index (χ0) is 15.0. The molecule has 0 spiro atoms. The third kappa shape index (κ3) is 4.48. The first-order chi connectivity index (χ1) is 9.60. The van der Waals surface area contributed by atoms with Crippen LogP contribution in [-0.4, -0.2) is 32.7 Å². The number of nitriles is 1. The summed E-state index contributed by atoms with van der Waals surface area (Å²) < 4.78 is 31.6. The summed E-state index contributed by atoms with van der Waals surface area (Å²) in [6.07, 6.45) is 0.116. The molecule has 0 fully saturated rings. The lowest BCUT2D eigenvalue weighted by molar-refractivity contribution is -0.121. The summed E-state index contributed by atoms with van der Waals surface area (Å²) in [5.74, 6) is -2.53. The Bertz CT molecular complexity index is 515. The molecule has 0 bridgehead atoms. The van der Waals surface area contributed by atoms with Gasteiger partial charge in [0.05, 0.1) is 17.9 Å². The molecule has 0 saturated heterocycles. The largest absolute Gasteiger partial charge is 0.383 e. The molecular formula is C13H15F2N3O2. The van der Waals surface area contributed by atoms with Crippen molar-refractivity contribution in [2.24, 2.45) is 0 Å². The van der Waals surface area contributed by atoms with Gasteiger partial charge in [-0.3, -0.25) is 4.79 Å². The van der Waals surface area contributed by atoms with Gasteiger partial charge < -0.3 is 15.4 Å². The van der Waals surface area contributed by atoms with Crippen molar-refractivity contribution in [1.29, 1.82) is 5.26 Å². The Labute approximate surface area is 115 Å². The van der Waals surface area contributed by atoms with Gasteiger partial charge in [-0.15, -0.1) is 0 Å². The smallest absolute Gasteiger partial charge is 0.221 e. The first-order valence-corrected chi connectivity index (χ1v) is 5.97. The number of anilines is 1. The van der Waals surface area contributed by atoms with Gasteiger partial charge in [-0.2, -0.15) is 5.26 Å². The molecule has 0 heterocycles. The van der Waals surface area contributed by atoms with Gasteiger partial charge >= 0.3 is 0 Å². The van der Waals surface area contributed by atoms with Crippen molar-refractivity contribution < 1.29 is 18.3 Å². The van der Waals surface area contributed by atoms with Crippen LogP contribution < -0.4 is 10.6 Å². The quantitative estimate of drug-likeness (QED) is 0.742. The summed E-state index contributed by atoms with van der Waals surface area (Å²) in [6.45, 7) is 0.963. The van der Waals surface area contributed by atoms with E-state index in [9.17, 15) is 13.6 Å². The number of nitrogens with zero attached hydrogens (tertiary/aromatic N) is 1. The van der Waals surface area contributed by atoms with E-state index in [2.05, 4.69) is 10.6 Å². The highest BCUT2D eigenvalue weighted by Gasteiger charge is 2.13. The van der Waals surface area contributed by atoms with E-state index in [-0.39, 0.29) is 30.1 Å². The summed E-state index contributed by atoms with van der Waals surface area (Å²) in [4.78, 5) is 11.3. The summed E-state index contributed by atoms with van der Waals surface area (Å²) in [7, 11) is 1.52. The maximum absolute atomic E-state index is 13.5. The van der Waals surface area contributed by atoms with Crippen LogP contribution in [0.4, 0.5) is 14.5 Å². The van der Waals surface area contributed by atoms with E-state index < -0.39 is 11.6 Å². The van der Waals surface area contributed by atoms with E-state index in [0.29, 0.717) is 13.2 Å². The Kier molecular flexibility index (Phi) is 6.40. The van der Waals surface area contributed by atoms with Crippen molar-refractivity contribution in [3.05, 3.63) is 29.3 Å². The second-order valence-electron chi connectivity index (χ2n) is 3.92. The molecule has 1 amide bonds. The van der Waals surface area contributed by atoms with Gasteiger partial charge in [-0.1, -0.05) is 0 Å². The van der Waals surface area contributed by atoms with Gasteiger partial charge in [0.1, 0.15) is 6.07 Å². The summed E-state index contributed by atoms with van der Waals surface area (Å²) in [5, 5.41) is 13.8. The first-order valence-electron chi connectivity index (χ1n) is 5.97. The van der Waals surface area contributed by atoms with Crippen LogP contribution in [0.15, 0.2) is 12.1 Å². The molecule has 0 unspecified atom stereocenters. The van der Waals surface area contributed by atoms with Crippen LogP contribution in [0.25, 0.3) is 0 Å². The maximum Gasteiger partial charge on any atom is 0.221 e. The standard InChI is InChI=1S/C13H15F2N3O2/c1-20-7-6-18-11(19)4-5-17-10-3-2-9(8-16)12(14)13(10)15/h2-3,17H,4-7H2,1H3,(H,18,19). The van der Waals surface area contributed by atoms with Gasteiger partial charge in [-0.25, -0.2) is 8.78 Å². The normalized spacial score (nSPS) is 9.90. The fourth-order valence-corrected chi connectivity index (χ4v) is 1.46. The number of carbonyl (C=O) groups is 1. The maximum atomic E-state index is 13.5. The number of halogens is 2. The number of methoxy groups -OCH3 is 1. The van der Waals surface area contributed by atoms with E-state index in [4.69, 9.17) is 10.00 Å².